The van der Waals surface area contributed by atoms with E-state index in [-0.39, 0.29) is 16.3 Å². The van der Waals surface area contributed by atoms with Gasteiger partial charge in [-0.15, -0.1) is 0 Å². The Morgan fingerprint density at radius 2 is 1.90 bits per heavy atom. The average molecular weight is 378 g/mol. The van der Waals surface area contributed by atoms with Gasteiger partial charge in [0.2, 0.25) is 0 Å². The molecule has 2 rings (SSSR count). The first-order valence-corrected chi connectivity index (χ1v) is 9.27. The van der Waals surface area contributed by atoms with E-state index in [4.69, 9.17) is 4.74 Å². The van der Waals surface area contributed by atoms with E-state index in [1.807, 2.05) is 0 Å². The summed E-state index contributed by atoms with van der Waals surface area (Å²) in [5, 5.41) is 11.6. The lowest BCUT2D eigenvalue weighted by Gasteiger charge is -2.35. The number of benzene rings is 1. The van der Waals surface area contributed by atoms with Gasteiger partial charge in [-0.25, -0.2) is 8.42 Å². The quantitative estimate of drug-likeness (QED) is 0.447. The molecule has 0 amide bonds. The second-order valence-electron chi connectivity index (χ2n) is 5.23. The van der Waals surface area contributed by atoms with Crippen molar-refractivity contribution in [3.05, 3.63) is 34.4 Å². The highest BCUT2D eigenvalue weighted by Crippen LogP contribution is 2.37. The molecule has 116 valence electrons. The Balaban J connectivity index is 2.36. The number of nitrogens with zero attached hydrogens (tertiary/aromatic N) is 1. The molecular weight excluding hydrogens is 362 g/mol. The summed E-state index contributed by atoms with van der Waals surface area (Å²) < 4.78 is 30.5. The van der Waals surface area contributed by atoms with Gasteiger partial charge < -0.3 is 4.74 Å². The van der Waals surface area contributed by atoms with Gasteiger partial charge in [-0.2, -0.15) is 0 Å². The molecule has 1 aliphatic rings. The van der Waals surface area contributed by atoms with Gasteiger partial charge in [-0.3, -0.25) is 10.1 Å². The average Bonchev–Trinajstić information content (AvgIpc) is 2.47. The van der Waals surface area contributed by atoms with Gasteiger partial charge in [0.15, 0.2) is 9.84 Å². The SMILES string of the molecule is O=[N+]([O-])c1ccccc1S(=O)(=O)CC1(CBr)CCOCC1. The van der Waals surface area contributed by atoms with Crippen LogP contribution in [0.4, 0.5) is 5.69 Å². The molecule has 1 aromatic rings. The topological polar surface area (TPSA) is 86.5 Å². The van der Waals surface area contributed by atoms with Crippen molar-refractivity contribution in [2.24, 2.45) is 5.41 Å². The van der Waals surface area contributed by atoms with Gasteiger partial charge in [-0.1, -0.05) is 28.1 Å². The van der Waals surface area contributed by atoms with E-state index in [1.54, 1.807) is 0 Å². The van der Waals surface area contributed by atoms with Gasteiger partial charge in [0.25, 0.3) is 5.69 Å². The molecule has 0 saturated carbocycles. The maximum atomic E-state index is 12.6. The van der Waals surface area contributed by atoms with Crippen LogP contribution in [0.15, 0.2) is 29.2 Å². The molecule has 1 heterocycles. The van der Waals surface area contributed by atoms with Crippen LogP contribution < -0.4 is 0 Å². The summed E-state index contributed by atoms with van der Waals surface area (Å²) in [6.07, 6.45) is 1.25. The lowest BCUT2D eigenvalue weighted by atomic mass is 9.85. The number of sulfone groups is 1. The summed E-state index contributed by atoms with van der Waals surface area (Å²) in [5.41, 5.74) is -0.796. The van der Waals surface area contributed by atoms with Gasteiger partial charge in [0, 0.05) is 24.6 Å². The molecule has 1 fully saturated rings. The van der Waals surface area contributed by atoms with Crippen molar-refractivity contribution in [2.75, 3.05) is 24.3 Å². The second-order valence-corrected chi connectivity index (χ2v) is 7.75. The molecule has 6 nitrogen and oxygen atoms in total. The zero-order valence-corrected chi connectivity index (χ0v) is 13.7. The van der Waals surface area contributed by atoms with Crippen molar-refractivity contribution in [1.82, 2.24) is 0 Å². The molecular formula is C13H16BrNO5S. The Morgan fingerprint density at radius 1 is 1.29 bits per heavy atom. The zero-order chi connectivity index (χ0) is 15.5. The van der Waals surface area contributed by atoms with E-state index < -0.39 is 20.2 Å². The van der Waals surface area contributed by atoms with Crippen molar-refractivity contribution in [1.29, 1.82) is 0 Å². The molecule has 0 aliphatic carbocycles. The first-order chi connectivity index (χ1) is 9.90. The van der Waals surface area contributed by atoms with Crippen LogP contribution in [0.25, 0.3) is 0 Å². The fraction of sp³-hybridized carbons (Fsp3) is 0.538. The standard InChI is InChI=1S/C13H16BrNO5S/c14-9-13(5-7-20-8-6-13)10-21(18,19)12-4-2-1-3-11(12)15(16)17/h1-4H,5-10H2. The summed E-state index contributed by atoms with van der Waals surface area (Å²) in [7, 11) is -3.73. The van der Waals surface area contributed by atoms with Gasteiger partial charge in [0.05, 0.1) is 10.7 Å². The highest BCUT2D eigenvalue weighted by atomic mass is 79.9. The van der Waals surface area contributed by atoms with Crippen LogP contribution in [-0.2, 0) is 14.6 Å². The number of nitro benzene ring substituents is 1. The number of hydrogen-bond donors (Lipinski definition) is 0. The Bertz CT molecular complexity index is 625. The normalized spacial score (nSPS) is 18.3. The Kier molecular flexibility index (Phi) is 5.00. The molecule has 0 bridgehead atoms. The summed E-state index contributed by atoms with van der Waals surface area (Å²) >= 11 is 3.39. The van der Waals surface area contributed by atoms with Gasteiger partial charge >= 0.3 is 0 Å². The minimum Gasteiger partial charge on any atom is -0.381 e. The van der Waals surface area contributed by atoms with E-state index >= 15 is 0 Å². The molecule has 0 aromatic heterocycles. The van der Waals surface area contributed by atoms with E-state index in [1.165, 1.54) is 24.3 Å². The van der Waals surface area contributed by atoms with Crippen LogP contribution in [0.5, 0.6) is 0 Å². The van der Waals surface area contributed by atoms with Gasteiger partial charge in [0.1, 0.15) is 4.90 Å². The van der Waals surface area contributed by atoms with Crippen LogP contribution in [-0.4, -0.2) is 37.6 Å². The van der Waals surface area contributed by atoms with Crippen molar-refractivity contribution in [3.8, 4) is 0 Å². The number of nitro groups is 1. The molecule has 1 aromatic carbocycles. The van der Waals surface area contributed by atoms with Crippen molar-refractivity contribution in [2.45, 2.75) is 17.7 Å². The van der Waals surface area contributed by atoms with E-state index in [0.29, 0.717) is 31.4 Å². The molecule has 0 spiro atoms. The van der Waals surface area contributed by atoms with Crippen molar-refractivity contribution in [3.63, 3.8) is 0 Å². The smallest absolute Gasteiger partial charge is 0.287 e. The van der Waals surface area contributed by atoms with Crippen LogP contribution in [0.2, 0.25) is 0 Å². The summed E-state index contributed by atoms with van der Waals surface area (Å²) in [6.45, 7) is 1.02. The highest BCUT2D eigenvalue weighted by molar-refractivity contribution is 9.09. The molecule has 8 heteroatoms. The highest BCUT2D eigenvalue weighted by Gasteiger charge is 2.38. The Hall–Kier alpha value is -0.990. The molecule has 0 atom stereocenters. The number of rotatable bonds is 5. The van der Waals surface area contributed by atoms with Crippen LogP contribution in [0.1, 0.15) is 12.8 Å². The number of para-hydroxylation sites is 1. The lowest BCUT2D eigenvalue weighted by molar-refractivity contribution is -0.387. The molecule has 0 unspecified atom stereocenters. The number of alkyl halides is 1. The van der Waals surface area contributed by atoms with Crippen molar-refractivity contribution < 1.29 is 18.1 Å². The second kappa shape index (κ2) is 6.41. The summed E-state index contributed by atoms with van der Waals surface area (Å²) in [4.78, 5) is 10.2. The minimum absolute atomic E-state index is 0.112. The first-order valence-electron chi connectivity index (χ1n) is 6.50. The maximum Gasteiger partial charge on any atom is 0.287 e. The molecule has 0 radical (unpaired) electrons. The van der Waals surface area contributed by atoms with Gasteiger partial charge in [-0.05, 0) is 24.3 Å². The van der Waals surface area contributed by atoms with Crippen LogP contribution in [0.3, 0.4) is 0 Å². The number of halogens is 1. The van der Waals surface area contributed by atoms with E-state index in [0.717, 1.165) is 0 Å². The third-order valence-electron chi connectivity index (χ3n) is 3.73. The largest absolute Gasteiger partial charge is 0.381 e. The predicted molar refractivity (Wildman–Crippen MR) is 81.4 cm³/mol. The third-order valence-corrected chi connectivity index (χ3v) is 6.93. The zero-order valence-electron chi connectivity index (χ0n) is 11.3. The molecule has 1 saturated heterocycles. The lowest BCUT2D eigenvalue weighted by Crippen LogP contribution is -2.37. The fourth-order valence-corrected chi connectivity index (χ4v) is 5.59. The molecule has 1 aliphatic heterocycles. The number of hydrogen-bond acceptors (Lipinski definition) is 5. The number of ether oxygens (including phenoxy) is 1. The monoisotopic (exact) mass is 377 g/mol. The summed E-state index contributed by atoms with van der Waals surface area (Å²) in [6, 6.07) is 5.49. The minimum atomic E-state index is -3.73. The Morgan fingerprint density at radius 3 is 2.48 bits per heavy atom. The predicted octanol–water partition coefficient (Wildman–Crippen LogP) is 2.56. The Labute approximate surface area is 131 Å². The van der Waals surface area contributed by atoms with E-state index in [2.05, 4.69) is 15.9 Å². The fourth-order valence-electron chi connectivity index (χ4n) is 2.47. The summed E-state index contributed by atoms with van der Waals surface area (Å²) in [5.74, 6) is -0.112. The molecule has 21 heavy (non-hydrogen) atoms. The van der Waals surface area contributed by atoms with Crippen LogP contribution in [0, 0.1) is 15.5 Å². The maximum absolute atomic E-state index is 12.6. The molecule has 0 N–H and O–H groups in total. The first kappa shape index (κ1) is 16.4. The third kappa shape index (κ3) is 3.61. The van der Waals surface area contributed by atoms with Crippen molar-refractivity contribution >= 4 is 31.5 Å². The van der Waals surface area contributed by atoms with E-state index in [9.17, 15) is 18.5 Å². The van der Waals surface area contributed by atoms with Crippen LogP contribution >= 0.6 is 15.9 Å².